The van der Waals surface area contributed by atoms with E-state index >= 15 is 0 Å². The Morgan fingerprint density at radius 2 is 2.00 bits per heavy atom. The van der Waals surface area contributed by atoms with Gasteiger partial charge in [0, 0.05) is 24.1 Å². The molecule has 1 fully saturated rings. The van der Waals surface area contributed by atoms with Crippen molar-refractivity contribution < 1.29 is 14.7 Å². The third kappa shape index (κ3) is 2.73. The van der Waals surface area contributed by atoms with Crippen molar-refractivity contribution in [1.82, 2.24) is 5.32 Å². The summed E-state index contributed by atoms with van der Waals surface area (Å²) in [6.45, 7) is 4.20. The number of amides is 2. The van der Waals surface area contributed by atoms with Gasteiger partial charge in [-0.25, -0.2) is 0 Å². The van der Waals surface area contributed by atoms with Crippen LogP contribution in [0.4, 0.5) is 5.69 Å². The topological polar surface area (TPSA) is 69.6 Å². The Balaban J connectivity index is 1.80. The van der Waals surface area contributed by atoms with Gasteiger partial charge in [0.15, 0.2) is 0 Å². The van der Waals surface area contributed by atoms with E-state index in [4.69, 9.17) is 0 Å². The molecule has 2 aliphatic rings. The summed E-state index contributed by atoms with van der Waals surface area (Å²) in [6, 6.07) is 6.92. The van der Waals surface area contributed by atoms with E-state index in [0.717, 1.165) is 24.1 Å². The molecule has 22 heavy (non-hydrogen) atoms. The number of benzene rings is 1. The van der Waals surface area contributed by atoms with E-state index in [2.05, 4.69) is 12.2 Å². The van der Waals surface area contributed by atoms with Gasteiger partial charge in [-0.3, -0.25) is 9.59 Å². The van der Waals surface area contributed by atoms with Crippen LogP contribution in [0.25, 0.3) is 0 Å². The van der Waals surface area contributed by atoms with Gasteiger partial charge < -0.3 is 15.3 Å². The molecule has 1 aliphatic carbocycles. The van der Waals surface area contributed by atoms with Gasteiger partial charge in [-0.15, -0.1) is 0 Å². The smallest absolute Gasteiger partial charge is 0.252 e. The van der Waals surface area contributed by atoms with Crippen molar-refractivity contribution in [2.45, 2.75) is 44.8 Å². The Bertz CT molecular complexity index is 595. The molecule has 0 radical (unpaired) electrons. The zero-order valence-electron chi connectivity index (χ0n) is 13.0. The van der Waals surface area contributed by atoms with Crippen LogP contribution in [0.3, 0.4) is 0 Å². The lowest BCUT2D eigenvalue weighted by molar-refractivity contribution is -0.130. The summed E-state index contributed by atoms with van der Waals surface area (Å²) in [4.78, 5) is 26.5. The summed E-state index contributed by atoms with van der Waals surface area (Å²) < 4.78 is 0. The zero-order chi connectivity index (χ0) is 15.9. The van der Waals surface area contributed by atoms with Crippen molar-refractivity contribution >= 4 is 17.5 Å². The summed E-state index contributed by atoms with van der Waals surface area (Å²) >= 11 is 0. The van der Waals surface area contributed by atoms with Crippen molar-refractivity contribution in [2.75, 3.05) is 11.4 Å². The number of carbonyl (C=O) groups is 2. The van der Waals surface area contributed by atoms with Gasteiger partial charge in [0.05, 0.1) is 6.10 Å². The summed E-state index contributed by atoms with van der Waals surface area (Å²) in [5.74, 6) is -0.0895. The minimum Gasteiger partial charge on any atom is -0.391 e. The maximum atomic E-state index is 12.8. The fraction of sp³-hybridized carbons (Fsp3) is 0.529. The third-order valence-corrected chi connectivity index (χ3v) is 4.48. The first-order valence-electron chi connectivity index (χ1n) is 7.87. The van der Waals surface area contributed by atoms with Gasteiger partial charge in [0.2, 0.25) is 5.91 Å². The van der Waals surface area contributed by atoms with Gasteiger partial charge in [-0.05, 0) is 31.4 Å². The van der Waals surface area contributed by atoms with E-state index < -0.39 is 12.1 Å². The second-order valence-electron chi connectivity index (χ2n) is 6.41. The summed E-state index contributed by atoms with van der Waals surface area (Å²) in [6.07, 6.45) is 0.824. The van der Waals surface area contributed by atoms with Gasteiger partial charge in [0.1, 0.15) is 6.04 Å². The van der Waals surface area contributed by atoms with Crippen molar-refractivity contribution in [2.24, 2.45) is 5.92 Å². The number of rotatable bonds is 4. The molecule has 0 saturated heterocycles. The van der Waals surface area contributed by atoms with Crippen molar-refractivity contribution in [1.29, 1.82) is 0 Å². The van der Waals surface area contributed by atoms with Gasteiger partial charge in [0.25, 0.3) is 5.91 Å². The number of fused-ring (bicyclic) bond motifs is 1. The highest BCUT2D eigenvalue weighted by atomic mass is 16.3. The molecule has 1 aromatic rings. The first-order valence-corrected chi connectivity index (χ1v) is 7.87. The molecule has 3 unspecified atom stereocenters. The first kappa shape index (κ1) is 15.0. The van der Waals surface area contributed by atoms with Crippen LogP contribution in [0, 0.1) is 5.92 Å². The minimum absolute atomic E-state index is 0.0128. The molecule has 0 spiro atoms. The fourth-order valence-electron chi connectivity index (χ4n) is 3.00. The number of para-hydroxylation sites is 1. The highest BCUT2D eigenvalue weighted by Crippen LogP contribution is 2.36. The number of aliphatic hydroxyl groups excluding tert-OH is 1. The maximum Gasteiger partial charge on any atom is 0.252 e. The SMILES string of the molecule is CC1CN(C(=O)C(NC(=O)C2CC2)C(C)O)c2ccccc21. The predicted molar refractivity (Wildman–Crippen MR) is 83.5 cm³/mol. The van der Waals surface area contributed by atoms with Crippen LogP contribution in [0.5, 0.6) is 0 Å². The lowest BCUT2D eigenvalue weighted by Crippen LogP contribution is -2.54. The van der Waals surface area contributed by atoms with Crippen LogP contribution in [0.2, 0.25) is 0 Å². The summed E-state index contributed by atoms with van der Waals surface area (Å²) in [5, 5.41) is 12.7. The van der Waals surface area contributed by atoms with Gasteiger partial charge in [-0.1, -0.05) is 25.1 Å². The normalized spacial score (nSPS) is 22.9. The highest BCUT2D eigenvalue weighted by molar-refractivity contribution is 6.01. The Kier molecular flexibility index (Phi) is 3.91. The van der Waals surface area contributed by atoms with Crippen LogP contribution in [0.1, 0.15) is 38.2 Å². The number of hydrogen-bond donors (Lipinski definition) is 2. The number of nitrogens with zero attached hydrogens (tertiary/aromatic N) is 1. The summed E-state index contributed by atoms with van der Waals surface area (Å²) in [7, 11) is 0. The Labute approximate surface area is 130 Å². The molecule has 5 nitrogen and oxygen atoms in total. The van der Waals surface area contributed by atoms with E-state index in [1.54, 1.807) is 11.8 Å². The minimum atomic E-state index is -0.918. The third-order valence-electron chi connectivity index (χ3n) is 4.48. The molecular formula is C17H22N2O3. The average molecular weight is 302 g/mol. The molecule has 118 valence electrons. The predicted octanol–water partition coefficient (Wildman–Crippen LogP) is 1.41. The maximum absolute atomic E-state index is 12.8. The zero-order valence-corrected chi connectivity index (χ0v) is 13.0. The Morgan fingerprint density at radius 3 is 2.64 bits per heavy atom. The van der Waals surface area contributed by atoms with Crippen molar-refractivity contribution in [3.05, 3.63) is 29.8 Å². The summed E-state index contributed by atoms with van der Waals surface area (Å²) in [5.41, 5.74) is 2.01. The molecule has 1 heterocycles. The van der Waals surface area contributed by atoms with E-state index in [-0.39, 0.29) is 23.7 Å². The molecule has 0 bridgehead atoms. The van der Waals surface area contributed by atoms with Crippen LogP contribution in [-0.2, 0) is 9.59 Å². The lowest BCUT2D eigenvalue weighted by atomic mass is 10.0. The van der Waals surface area contributed by atoms with Crippen LogP contribution in [0.15, 0.2) is 24.3 Å². The first-order chi connectivity index (χ1) is 10.5. The quantitative estimate of drug-likeness (QED) is 0.883. The van der Waals surface area contributed by atoms with Crippen molar-refractivity contribution in [3.63, 3.8) is 0 Å². The molecule has 2 amide bonds. The number of anilines is 1. The monoisotopic (exact) mass is 302 g/mol. The second-order valence-corrected chi connectivity index (χ2v) is 6.41. The molecule has 1 aliphatic heterocycles. The Hall–Kier alpha value is -1.88. The molecule has 0 aromatic heterocycles. The van der Waals surface area contributed by atoms with Crippen LogP contribution >= 0.6 is 0 Å². The number of aliphatic hydroxyl groups is 1. The molecule has 5 heteroatoms. The molecule has 3 atom stereocenters. The average Bonchev–Trinajstić information content (AvgIpc) is 3.29. The molecular weight excluding hydrogens is 280 g/mol. The number of carbonyl (C=O) groups excluding carboxylic acids is 2. The van der Waals surface area contributed by atoms with Gasteiger partial charge >= 0.3 is 0 Å². The van der Waals surface area contributed by atoms with E-state index in [0.29, 0.717) is 6.54 Å². The Morgan fingerprint density at radius 1 is 1.32 bits per heavy atom. The highest BCUT2D eigenvalue weighted by Gasteiger charge is 2.38. The largest absolute Gasteiger partial charge is 0.391 e. The standard InChI is InChI=1S/C17H22N2O3/c1-10-9-19(14-6-4-3-5-13(10)14)17(22)15(11(2)20)18-16(21)12-7-8-12/h3-6,10-12,15,20H,7-9H2,1-2H3,(H,18,21). The van der Waals surface area contributed by atoms with E-state index in [1.165, 1.54) is 0 Å². The molecule has 3 rings (SSSR count). The van der Waals surface area contributed by atoms with Crippen LogP contribution in [-0.4, -0.2) is 35.6 Å². The van der Waals surface area contributed by atoms with Crippen LogP contribution < -0.4 is 10.2 Å². The number of nitrogens with one attached hydrogen (secondary N) is 1. The number of hydrogen-bond acceptors (Lipinski definition) is 3. The molecule has 2 N–H and O–H groups in total. The van der Waals surface area contributed by atoms with Gasteiger partial charge in [-0.2, -0.15) is 0 Å². The molecule has 1 aromatic carbocycles. The lowest BCUT2D eigenvalue weighted by Gasteiger charge is -2.27. The second kappa shape index (κ2) is 5.72. The fourth-order valence-corrected chi connectivity index (χ4v) is 3.00. The molecule has 1 saturated carbocycles. The van der Waals surface area contributed by atoms with E-state index in [9.17, 15) is 14.7 Å². The van der Waals surface area contributed by atoms with E-state index in [1.807, 2.05) is 24.3 Å². The van der Waals surface area contributed by atoms with Crippen molar-refractivity contribution in [3.8, 4) is 0 Å².